The van der Waals surface area contributed by atoms with Crippen LogP contribution in [0.5, 0.6) is 0 Å². The number of benzene rings is 1. The number of hydrogen-bond donors (Lipinski definition) is 1. The molecule has 1 saturated heterocycles. The summed E-state index contributed by atoms with van der Waals surface area (Å²) in [5.74, 6) is 0. The van der Waals surface area contributed by atoms with E-state index in [1.54, 1.807) is 0 Å². The summed E-state index contributed by atoms with van der Waals surface area (Å²) in [6.07, 6.45) is 4.80. The molecule has 3 rings (SSSR count). The van der Waals surface area contributed by atoms with Gasteiger partial charge < -0.3 is 9.88 Å². The predicted molar refractivity (Wildman–Crippen MR) is 70.6 cm³/mol. The summed E-state index contributed by atoms with van der Waals surface area (Å²) < 4.78 is 3.39. The van der Waals surface area contributed by atoms with Crippen LogP contribution in [-0.4, -0.2) is 11.1 Å². The van der Waals surface area contributed by atoms with Gasteiger partial charge in [0.15, 0.2) is 0 Å². The Kier molecular flexibility index (Phi) is 2.52. The third-order valence-electron chi connectivity index (χ3n) is 3.42. The molecule has 1 atom stereocenters. The SMILES string of the molecule is Cn1cc(C2CCCN2)c2cccc(Br)c21. The maximum absolute atomic E-state index is 3.63. The van der Waals surface area contributed by atoms with Gasteiger partial charge in [0.25, 0.3) is 0 Å². The molecule has 0 amide bonds. The van der Waals surface area contributed by atoms with E-state index in [2.05, 4.69) is 57.3 Å². The van der Waals surface area contributed by atoms with Crippen molar-refractivity contribution in [1.29, 1.82) is 0 Å². The summed E-state index contributed by atoms with van der Waals surface area (Å²) in [5.41, 5.74) is 2.74. The van der Waals surface area contributed by atoms with Crippen LogP contribution in [0, 0.1) is 0 Å². The molecule has 1 unspecified atom stereocenters. The molecular weight excluding hydrogens is 264 g/mol. The highest BCUT2D eigenvalue weighted by atomic mass is 79.9. The average Bonchev–Trinajstić information content (AvgIpc) is 2.86. The van der Waals surface area contributed by atoms with Crippen LogP contribution in [0.1, 0.15) is 24.4 Å². The quantitative estimate of drug-likeness (QED) is 0.847. The first kappa shape index (κ1) is 10.4. The van der Waals surface area contributed by atoms with Crippen LogP contribution in [0.25, 0.3) is 10.9 Å². The number of para-hydroxylation sites is 1. The van der Waals surface area contributed by atoms with Crippen LogP contribution in [0.15, 0.2) is 28.9 Å². The first-order chi connectivity index (χ1) is 7.77. The predicted octanol–water partition coefficient (Wildman–Crippen LogP) is 3.37. The molecular formula is C13H15BrN2. The smallest absolute Gasteiger partial charge is 0.0625 e. The second-order valence-corrected chi connectivity index (χ2v) is 5.33. The van der Waals surface area contributed by atoms with Crippen molar-refractivity contribution >= 4 is 26.8 Å². The zero-order chi connectivity index (χ0) is 11.1. The van der Waals surface area contributed by atoms with E-state index in [4.69, 9.17) is 0 Å². The molecule has 1 fully saturated rings. The minimum Gasteiger partial charge on any atom is -0.349 e. The Bertz CT molecular complexity index is 524. The van der Waals surface area contributed by atoms with Gasteiger partial charge >= 0.3 is 0 Å². The molecule has 0 saturated carbocycles. The van der Waals surface area contributed by atoms with Crippen molar-refractivity contribution in [3.63, 3.8) is 0 Å². The van der Waals surface area contributed by atoms with Crippen molar-refractivity contribution in [2.24, 2.45) is 7.05 Å². The highest BCUT2D eigenvalue weighted by Gasteiger charge is 2.20. The Morgan fingerprint density at radius 2 is 2.31 bits per heavy atom. The molecule has 2 aromatic rings. The number of nitrogens with zero attached hydrogens (tertiary/aromatic N) is 1. The van der Waals surface area contributed by atoms with Gasteiger partial charge in [0.2, 0.25) is 0 Å². The first-order valence-electron chi connectivity index (χ1n) is 5.74. The lowest BCUT2D eigenvalue weighted by Gasteiger charge is -2.08. The third-order valence-corrected chi connectivity index (χ3v) is 4.06. The molecule has 84 valence electrons. The zero-order valence-electron chi connectivity index (χ0n) is 9.33. The minimum absolute atomic E-state index is 0.540. The molecule has 1 aromatic heterocycles. The van der Waals surface area contributed by atoms with Crippen LogP contribution in [0.4, 0.5) is 0 Å². The molecule has 0 bridgehead atoms. The molecule has 1 aliphatic rings. The van der Waals surface area contributed by atoms with Crippen molar-refractivity contribution in [3.8, 4) is 0 Å². The van der Waals surface area contributed by atoms with Gasteiger partial charge in [0.05, 0.1) is 5.52 Å². The van der Waals surface area contributed by atoms with E-state index in [1.807, 2.05) is 0 Å². The van der Waals surface area contributed by atoms with Gasteiger partial charge in [0, 0.05) is 29.1 Å². The Morgan fingerprint density at radius 1 is 1.44 bits per heavy atom. The van der Waals surface area contributed by atoms with Crippen LogP contribution >= 0.6 is 15.9 Å². The first-order valence-corrected chi connectivity index (χ1v) is 6.53. The van der Waals surface area contributed by atoms with E-state index in [1.165, 1.54) is 33.8 Å². The van der Waals surface area contributed by atoms with Gasteiger partial charge in [-0.3, -0.25) is 0 Å². The van der Waals surface area contributed by atoms with Gasteiger partial charge in [-0.15, -0.1) is 0 Å². The van der Waals surface area contributed by atoms with Crippen LogP contribution in [0.3, 0.4) is 0 Å². The standard InChI is InChI=1S/C13H15BrN2/c1-16-8-10(12-6-3-7-15-12)9-4-2-5-11(14)13(9)16/h2,4-5,8,12,15H,3,6-7H2,1H3. The lowest BCUT2D eigenvalue weighted by atomic mass is 10.0. The number of aromatic nitrogens is 1. The van der Waals surface area contributed by atoms with Gasteiger partial charge in [-0.05, 0) is 46.9 Å². The van der Waals surface area contributed by atoms with E-state index >= 15 is 0 Å². The summed E-state index contributed by atoms with van der Waals surface area (Å²) in [6.45, 7) is 1.15. The van der Waals surface area contributed by atoms with E-state index in [-0.39, 0.29) is 0 Å². The zero-order valence-corrected chi connectivity index (χ0v) is 10.9. The fourth-order valence-corrected chi connectivity index (χ4v) is 3.32. The number of aryl methyl sites for hydroxylation is 1. The van der Waals surface area contributed by atoms with Crippen LogP contribution < -0.4 is 5.32 Å². The molecule has 1 aliphatic heterocycles. The van der Waals surface area contributed by atoms with Gasteiger partial charge in [-0.25, -0.2) is 0 Å². The monoisotopic (exact) mass is 278 g/mol. The largest absolute Gasteiger partial charge is 0.349 e. The highest BCUT2D eigenvalue weighted by molar-refractivity contribution is 9.10. The van der Waals surface area contributed by atoms with Crippen molar-refractivity contribution in [2.45, 2.75) is 18.9 Å². The lowest BCUT2D eigenvalue weighted by Crippen LogP contribution is -2.12. The van der Waals surface area contributed by atoms with Crippen molar-refractivity contribution in [2.75, 3.05) is 6.54 Å². The molecule has 2 heterocycles. The number of hydrogen-bond acceptors (Lipinski definition) is 1. The van der Waals surface area contributed by atoms with Crippen molar-refractivity contribution < 1.29 is 0 Å². The Morgan fingerprint density at radius 3 is 3.06 bits per heavy atom. The fourth-order valence-electron chi connectivity index (χ4n) is 2.68. The fraction of sp³-hybridized carbons (Fsp3) is 0.385. The summed E-state index contributed by atoms with van der Waals surface area (Å²) in [5, 5.41) is 4.94. The maximum atomic E-state index is 3.63. The Balaban J connectivity index is 2.22. The number of rotatable bonds is 1. The molecule has 0 aliphatic carbocycles. The van der Waals surface area contributed by atoms with Crippen LogP contribution in [-0.2, 0) is 7.05 Å². The Labute approximate surface area is 104 Å². The molecule has 1 aromatic carbocycles. The third kappa shape index (κ3) is 1.50. The van der Waals surface area contributed by atoms with E-state index in [0.29, 0.717) is 6.04 Å². The molecule has 3 heteroatoms. The summed E-state index contributed by atoms with van der Waals surface area (Å²) in [6, 6.07) is 6.98. The number of nitrogens with one attached hydrogen (secondary N) is 1. The van der Waals surface area contributed by atoms with Gasteiger partial charge in [-0.2, -0.15) is 0 Å². The summed E-state index contributed by atoms with van der Waals surface area (Å²) in [4.78, 5) is 0. The van der Waals surface area contributed by atoms with Crippen molar-refractivity contribution in [3.05, 3.63) is 34.4 Å². The maximum Gasteiger partial charge on any atom is 0.0625 e. The van der Waals surface area contributed by atoms with E-state index in [0.717, 1.165) is 6.54 Å². The van der Waals surface area contributed by atoms with Crippen LogP contribution in [0.2, 0.25) is 0 Å². The Hall–Kier alpha value is -0.800. The molecule has 2 nitrogen and oxygen atoms in total. The average molecular weight is 279 g/mol. The lowest BCUT2D eigenvalue weighted by molar-refractivity contribution is 0.650. The second kappa shape index (κ2) is 3.90. The minimum atomic E-state index is 0.540. The molecule has 0 spiro atoms. The van der Waals surface area contributed by atoms with Gasteiger partial charge in [-0.1, -0.05) is 12.1 Å². The molecule has 16 heavy (non-hydrogen) atoms. The van der Waals surface area contributed by atoms with E-state index < -0.39 is 0 Å². The normalized spacial score (nSPS) is 20.8. The topological polar surface area (TPSA) is 17.0 Å². The molecule has 1 N–H and O–H groups in total. The molecule has 0 radical (unpaired) electrons. The summed E-state index contributed by atoms with van der Waals surface area (Å²) in [7, 11) is 2.12. The second-order valence-electron chi connectivity index (χ2n) is 4.48. The summed E-state index contributed by atoms with van der Waals surface area (Å²) >= 11 is 3.63. The van der Waals surface area contributed by atoms with E-state index in [9.17, 15) is 0 Å². The van der Waals surface area contributed by atoms with Gasteiger partial charge in [0.1, 0.15) is 0 Å². The number of fused-ring (bicyclic) bond motifs is 1. The number of halogens is 1. The van der Waals surface area contributed by atoms with Crippen molar-refractivity contribution in [1.82, 2.24) is 9.88 Å². The highest BCUT2D eigenvalue weighted by Crippen LogP contribution is 2.33.